The average molecular weight is 287 g/mol. The minimum atomic E-state index is -0.935. The molecule has 5 nitrogen and oxygen atoms in total. The highest BCUT2D eigenvalue weighted by molar-refractivity contribution is 5.95. The van der Waals surface area contributed by atoms with Crippen LogP contribution in [0.5, 0.6) is 0 Å². The lowest BCUT2D eigenvalue weighted by molar-refractivity contribution is -0.141. The van der Waals surface area contributed by atoms with Gasteiger partial charge in [-0.25, -0.2) is 0 Å². The molecule has 0 aliphatic carbocycles. The van der Waals surface area contributed by atoms with Crippen LogP contribution in [0.25, 0.3) is 11.1 Å². The Morgan fingerprint density at radius 1 is 1.19 bits per heavy atom. The Balaban J connectivity index is 2.13. The molecule has 0 fully saturated rings. The van der Waals surface area contributed by atoms with Crippen LogP contribution in [0.3, 0.4) is 0 Å². The average Bonchev–Trinajstić information content (AvgIpc) is 3.00. The first-order valence-corrected chi connectivity index (χ1v) is 6.65. The van der Waals surface area contributed by atoms with Gasteiger partial charge >= 0.3 is 5.97 Å². The van der Waals surface area contributed by atoms with Crippen LogP contribution in [0.4, 0.5) is 0 Å². The van der Waals surface area contributed by atoms with E-state index in [9.17, 15) is 9.59 Å². The third kappa shape index (κ3) is 3.51. The van der Waals surface area contributed by atoms with Crippen LogP contribution < -0.4 is 5.32 Å². The summed E-state index contributed by atoms with van der Waals surface area (Å²) in [4.78, 5) is 23.1. The van der Waals surface area contributed by atoms with E-state index in [1.54, 1.807) is 44.6 Å². The molecule has 2 aromatic rings. The molecule has 2 N–H and O–H groups in total. The SMILES string of the molecule is CC(NC(=O)c1cccc(-c2ccoc2)c1)C(C)C(=O)O. The number of carboxylic acid groups (broad SMARTS) is 1. The van der Waals surface area contributed by atoms with E-state index in [1.165, 1.54) is 0 Å². The van der Waals surface area contributed by atoms with Crippen LogP contribution in [0.15, 0.2) is 47.3 Å². The summed E-state index contributed by atoms with van der Waals surface area (Å²) in [5.41, 5.74) is 2.24. The van der Waals surface area contributed by atoms with Gasteiger partial charge < -0.3 is 14.8 Å². The van der Waals surface area contributed by atoms with Crippen LogP contribution in [-0.4, -0.2) is 23.0 Å². The molecule has 0 radical (unpaired) electrons. The minimum absolute atomic E-state index is 0.291. The van der Waals surface area contributed by atoms with Crippen molar-refractivity contribution in [3.05, 3.63) is 48.4 Å². The van der Waals surface area contributed by atoms with E-state index in [0.29, 0.717) is 5.56 Å². The molecule has 0 spiro atoms. The van der Waals surface area contributed by atoms with E-state index in [0.717, 1.165) is 11.1 Å². The standard InChI is InChI=1S/C16H17NO4/c1-10(16(19)20)11(2)17-15(18)13-5-3-4-12(8-13)14-6-7-21-9-14/h3-11H,1-2H3,(H,17,18)(H,19,20). The molecule has 1 aromatic heterocycles. The topological polar surface area (TPSA) is 79.5 Å². The van der Waals surface area contributed by atoms with E-state index >= 15 is 0 Å². The van der Waals surface area contributed by atoms with E-state index in [2.05, 4.69) is 5.32 Å². The number of carbonyl (C=O) groups is 2. The number of hydrogen-bond acceptors (Lipinski definition) is 3. The van der Waals surface area contributed by atoms with Crippen molar-refractivity contribution in [2.45, 2.75) is 19.9 Å². The number of carbonyl (C=O) groups excluding carboxylic acids is 1. The third-order valence-electron chi connectivity index (χ3n) is 3.48. The molecule has 5 heteroatoms. The van der Waals surface area contributed by atoms with Crippen molar-refractivity contribution < 1.29 is 19.1 Å². The Kier molecular flexibility index (Phi) is 4.42. The molecule has 1 aromatic carbocycles. The first-order valence-electron chi connectivity index (χ1n) is 6.65. The van der Waals surface area contributed by atoms with Gasteiger partial charge in [0.05, 0.1) is 18.4 Å². The zero-order chi connectivity index (χ0) is 15.4. The normalized spacial score (nSPS) is 13.4. The highest BCUT2D eigenvalue weighted by Crippen LogP contribution is 2.20. The zero-order valence-electron chi connectivity index (χ0n) is 11.9. The van der Waals surface area contributed by atoms with Crippen molar-refractivity contribution in [3.63, 3.8) is 0 Å². The Hall–Kier alpha value is -2.56. The van der Waals surface area contributed by atoms with Gasteiger partial charge in [-0.2, -0.15) is 0 Å². The van der Waals surface area contributed by atoms with Crippen molar-refractivity contribution in [1.82, 2.24) is 5.32 Å². The van der Waals surface area contributed by atoms with Gasteiger partial charge in [0.2, 0.25) is 0 Å². The fraction of sp³-hybridized carbons (Fsp3) is 0.250. The number of rotatable bonds is 5. The van der Waals surface area contributed by atoms with Crippen molar-refractivity contribution >= 4 is 11.9 Å². The monoisotopic (exact) mass is 287 g/mol. The molecule has 2 atom stereocenters. The number of furan rings is 1. The van der Waals surface area contributed by atoms with Crippen LogP contribution >= 0.6 is 0 Å². The second-order valence-electron chi connectivity index (χ2n) is 4.98. The van der Waals surface area contributed by atoms with E-state index in [4.69, 9.17) is 9.52 Å². The first kappa shape index (κ1) is 14.8. The van der Waals surface area contributed by atoms with Crippen LogP contribution in [0, 0.1) is 5.92 Å². The highest BCUT2D eigenvalue weighted by Gasteiger charge is 2.21. The maximum Gasteiger partial charge on any atom is 0.308 e. The summed E-state index contributed by atoms with van der Waals surface area (Å²) in [5.74, 6) is -1.87. The first-order chi connectivity index (χ1) is 9.99. The van der Waals surface area contributed by atoms with E-state index < -0.39 is 17.9 Å². The fourth-order valence-corrected chi connectivity index (χ4v) is 1.90. The lowest BCUT2D eigenvalue weighted by Crippen LogP contribution is -2.40. The number of benzene rings is 1. The summed E-state index contributed by atoms with van der Waals surface area (Å²) in [5, 5.41) is 11.6. The summed E-state index contributed by atoms with van der Waals surface area (Å²) in [6, 6.07) is 8.46. The van der Waals surface area contributed by atoms with Gasteiger partial charge in [-0.15, -0.1) is 0 Å². The molecule has 2 rings (SSSR count). The number of amides is 1. The molecule has 110 valence electrons. The molecule has 0 aliphatic rings. The molecule has 0 saturated carbocycles. The van der Waals surface area contributed by atoms with Gasteiger partial charge in [0.1, 0.15) is 0 Å². The van der Waals surface area contributed by atoms with E-state index in [1.807, 2.05) is 12.1 Å². The summed E-state index contributed by atoms with van der Waals surface area (Å²) in [6.07, 6.45) is 3.17. The van der Waals surface area contributed by atoms with Crippen molar-refractivity contribution in [2.75, 3.05) is 0 Å². The molecular weight excluding hydrogens is 270 g/mol. The molecule has 0 saturated heterocycles. The molecule has 0 bridgehead atoms. The number of aliphatic carboxylic acids is 1. The van der Waals surface area contributed by atoms with Crippen molar-refractivity contribution in [3.8, 4) is 11.1 Å². The van der Waals surface area contributed by atoms with Gasteiger partial charge in [-0.05, 0) is 37.6 Å². The molecule has 1 amide bonds. The van der Waals surface area contributed by atoms with Gasteiger partial charge in [0.25, 0.3) is 5.91 Å². The molecule has 1 heterocycles. The maximum absolute atomic E-state index is 12.2. The van der Waals surface area contributed by atoms with Crippen molar-refractivity contribution in [1.29, 1.82) is 0 Å². The summed E-state index contributed by atoms with van der Waals surface area (Å²) in [6.45, 7) is 3.24. The van der Waals surface area contributed by atoms with Crippen LogP contribution in [-0.2, 0) is 4.79 Å². The number of hydrogen-bond donors (Lipinski definition) is 2. The summed E-state index contributed by atoms with van der Waals surface area (Å²) in [7, 11) is 0. The van der Waals surface area contributed by atoms with Crippen LogP contribution in [0.1, 0.15) is 24.2 Å². The van der Waals surface area contributed by atoms with E-state index in [-0.39, 0.29) is 5.91 Å². The Morgan fingerprint density at radius 3 is 2.57 bits per heavy atom. The predicted molar refractivity (Wildman–Crippen MR) is 77.9 cm³/mol. The molecular formula is C16H17NO4. The maximum atomic E-state index is 12.2. The lowest BCUT2D eigenvalue weighted by Gasteiger charge is -2.17. The number of nitrogens with one attached hydrogen (secondary N) is 1. The smallest absolute Gasteiger partial charge is 0.308 e. The second kappa shape index (κ2) is 6.26. The zero-order valence-corrected chi connectivity index (χ0v) is 11.9. The lowest BCUT2D eigenvalue weighted by atomic mass is 10.0. The third-order valence-corrected chi connectivity index (χ3v) is 3.48. The Morgan fingerprint density at radius 2 is 1.95 bits per heavy atom. The highest BCUT2D eigenvalue weighted by atomic mass is 16.4. The van der Waals surface area contributed by atoms with Crippen molar-refractivity contribution in [2.24, 2.45) is 5.92 Å². The molecule has 21 heavy (non-hydrogen) atoms. The number of carboxylic acids is 1. The van der Waals surface area contributed by atoms with Gasteiger partial charge in [-0.1, -0.05) is 12.1 Å². The Labute approximate surface area is 122 Å². The largest absolute Gasteiger partial charge is 0.481 e. The van der Waals surface area contributed by atoms with Gasteiger partial charge in [0, 0.05) is 17.2 Å². The predicted octanol–water partition coefficient (Wildman–Crippen LogP) is 2.79. The summed E-state index contributed by atoms with van der Waals surface area (Å²) >= 11 is 0. The molecule has 2 unspecified atom stereocenters. The van der Waals surface area contributed by atoms with Gasteiger partial charge in [-0.3, -0.25) is 9.59 Å². The quantitative estimate of drug-likeness (QED) is 0.886. The summed E-state index contributed by atoms with van der Waals surface area (Å²) < 4.78 is 5.03. The molecule has 0 aliphatic heterocycles. The second-order valence-corrected chi connectivity index (χ2v) is 4.98. The van der Waals surface area contributed by atoms with Gasteiger partial charge in [0.15, 0.2) is 0 Å². The fourth-order valence-electron chi connectivity index (χ4n) is 1.90. The minimum Gasteiger partial charge on any atom is -0.481 e. The Bertz CT molecular complexity index is 633. The van der Waals surface area contributed by atoms with Crippen LogP contribution in [0.2, 0.25) is 0 Å².